The number of thiazole rings is 1. The summed E-state index contributed by atoms with van der Waals surface area (Å²) in [7, 11) is 4.66. The van der Waals surface area contributed by atoms with Crippen molar-refractivity contribution in [3.63, 3.8) is 0 Å². The minimum Gasteiger partial charge on any atom is -0.493 e. The lowest BCUT2D eigenvalue weighted by Gasteiger charge is -2.26. The van der Waals surface area contributed by atoms with Crippen LogP contribution in [0.2, 0.25) is 0 Å². The summed E-state index contributed by atoms with van der Waals surface area (Å²) >= 11 is 1.24. The van der Waals surface area contributed by atoms with E-state index in [1.165, 1.54) is 18.4 Å². The Morgan fingerprint density at radius 2 is 1.61 bits per heavy atom. The third kappa shape index (κ3) is 5.98. The van der Waals surface area contributed by atoms with E-state index in [9.17, 15) is 9.59 Å². The second-order valence-corrected chi connectivity index (χ2v) is 11.1. The van der Waals surface area contributed by atoms with Crippen molar-refractivity contribution in [3.8, 4) is 23.0 Å². The molecular weight excluding hydrogens is 580 g/mol. The predicted molar refractivity (Wildman–Crippen MR) is 169 cm³/mol. The monoisotopic (exact) mass is 614 g/mol. The van der Waals surface area contributed by atoms with E-state index in [-0.39, 0.29) is 23.8 Å². The Morgan fingerprint density at radius 1 is 0.932 bits per heavy atom. The van der Waals surface area contributed by atoms with Gasteiger partial charge in [0.05, 0.1) is 55.9 Å². The van der Waals surface area contributed by atoms with Gasteiger partial charge in [-0.25, -0.2) is 9.79 Å². The van der Waals surface area contributed by atoms with Crippen molar-refractivity contribution < 1.29 is 28.5 Å². The molecule has 0 aliphatic carbocycles. The number of esters is 1. The maximum Gasteiger partial charge on any atom is 0.338 e. The molecule has 0 unspecified atom stereocenters. The minimum absolute atomic E-state index is 0.0255. The average molecular weight is 615 g/mol. The molecular formula is C34H34N2O7S. The van der Waals surface area contributed by atoms with Gasteiger partial charge in [0.2, 0.25) is 0 Å². The molecule has 228 valence electrons. The van der Waals surface area contributed by atoms with Crippen LogP contribution in [-0.4, -0.2) is 44.6 Å². The number of ether oxygens (including phenoxy) is 5. The summed E-state index contributed by atoms with van der Waals surface area (Å²) in [6.07, 6.45) is 1.76. The molecule has 0 N–H and O–H groups in total. The summed E-state index contributed by atoms with van der Waals surface area (Å²) in [6.45, 7) is 5.78. The number of methoxy groups -OCH3 is 3. The fourth-order valence-electron chi connectivity index (χ4n) is 5.06. The van der Waals surface area contributed by atoms with Crippen LogP contribution in [0.5, 0.6) is 23.0 Å². The highest BCUT2D eigenvalue weighted by Gasteiger charge is 2.35. The van der Waals surface area contributed by atoms with Crippen molar-refractivity contribution in [2.75, 3.05) is 27.9 Å². The number of carbonyl (C=O) groups is 1. The van der Waals surface area contributed by atoms with Crippen LogP contribution in [0.1, 0.15) is 43.5 Å². The van der Waals surface area contributed by atoms with Gasteiger partial charge in [-0.3, -0.25) is 9.36 Å². The molecule has 0 amide bonds. The fourth-order valence-corrected chi connectivity index (χ4v) is 6.06. The SMILES string of the molecule is CCOC(=O)C1=C(c2ccccc2)N=c2s/c(=C\c3ccc(OC(C)C)c(OC)c3)c(=O)n2[C@H]1c1ccc(OC)c(OC)c1. The summed E-state index contributed by atoms with van der Waals surface area (Å²) in [5, 5.41) is 0. The average Bonchev–Trinajstić information content (AvgIpc) is 3.34. The predicted octanol–water partition coefficient (Wildman–Crippen LogP) is 4.75. The molecule has 4 aromatic rings. The normalized spacial score (nSPS) is 14.6. The molecule has 0 bridgehead atoms. The van der Waals surface area contributed by atoms with E-state index in [4.69, 9.17) is 28.7 Å². The summed E-state index contributed by atoms with van der Waals surface area (Å²) < 4.78 is 30.0. The molecule has 0 radical (unpaired) electrons. The third-order valence-corrected chi connectivity index (χ3v) is 7.93. The van der Waals surface area contributed by atoms with Gasteiger partial charge in [0, 0.05) is 5.56 Å². The Bertz CT molecular complexity index is 1890. The van der Waals surface area contributed by atoms with E-state index < -0.39 is 12.0 Å². The number of fused-ring (bicyclic) bond motifs is 1. The summed E-state index contributed by atoms with van der Waals surface area (Å²) in [6, 6.07) is 19.4. The topological polar surface area (TPSA) is 97.6 Å². The Morgan fingerprint density at radius 3 is 2.27 bits per heavy atom. The van der Waals surface area contributed by atoms with Crippen LogP contribution in [0.4, 0.5) is 0 Å². The van der Waals surface area contributed by atoms with Gasteiger partial charge in [-0.1, -0.05) is 53.8 Å². The van der Waals surface area contributed by atoms with E-state index in [1.807, 2.05) is 68.4 Å². The lowest BCUT2D eigenvalue weighted by molar-refractivity contribution is -0.138. The number of benzene rings is 3. The van der Waals surface area contributed by atoms with Crippen LogP contribution in [0, 0.1) is 0 Å². The van der Waals surface area contributed by atoms with Gasteiger partial charge < -0.3 is 23.7 Å². The molecule has 10 heteroatoms. The molecule has 3 aromatic carbocycles. The van der Waals surface area contributed by atoms with E-state index in [1.54, 1.807) is 43.9 Å². The molecule has 0 saturated heterocycles. The Hall–Kier alpha value is -4.83. The van der Waals surface area contributed by atoms with Gasteiger partial charge in [-0.2, -0.15) is 0 Å². The summed E-state index contributed by atoms with van der Waals surface area (Å²) in [5.74, 6) is 1.59. The fraction of sp³-hybridized carbons (Fsp3) is 0.265. The molecule has 9 nitrogen and oxygen atoms in total. The highest BCUT2D eigenvalue weighted by Crippen LogP contribution is 2.38. The molecule has 44 heavy (non-hydrogen) atoms. The van der Waals surface area contributed by atoms with Gasteiger partial charge in [0.1, 0.15) is 0 Å². The largest absolute Gasteiger partial charge is 0.493 e. The maximum absolute atomic E-state index is 14.2. The van der Waals surface area contributed by atoms with Crippen molar-refractivity contribution in [1.29, 1.82) is 0 Å². The molecule has 1 atom stereocenters. The van der Waals surface area contributed by atoms with Gasteiger partial charge in [-0.15, -0.1) is 0 Å². The minimum atomic E-state index is -0.848. The summed E-state index contributed by atoms with van der Waals surface area (Å²) in [4.78, 5) is 33.2. The quantitative estimate of drug-likeness (QED) is 0.238. The summed E-state index contributed by atoms with van der Waals surface area (Å²) in [5.41, 5.74) is 2.50. The number of hydrogen-bond donors (Lipinski definition) is 0. The Labute approximate surface area is 259 Å². The first kappa shape index (κ1) is 30.6. The highest BCUT2D eigenvalue weighted by molar-refractivity contribution is 7.07. The van der Waals surface area contributed by atoms with Gasteiger partial charge in [0.15, 0.2) is 27.8 Å². The van der Waals surface area contributed by atoms with Crippen LogP contribution < -0.4 is 33.8 Å². The Kier molecular flexibility index (Phi) is 9.20. The first-order chi connectivity index (χ1) is 21.3. The molecule has 0 fully saturated rings. The molecule has 2 heterocycles. The molecule has 5 rings (SSSR count). The van der Waals surface area contributed by atoms with Crippen molar-refractivity contribution in [3.05, 3.63) is 109 Å². The number of rotatable bonds is 10. The standard InChI is InChI=1S/C34H34N2O7S/c1-7-42-33(38)29-30(22-11-9-8-10-12-22)35-34-36(31(29)23-14-16-24(39-4)27(19-23)41-6)32(37)28(44-34)18-21-13-15-25(43-20(2)3)26(17-21)40-5/h8-20,31H,7H2,1-6H3/b28-18-/t31-/m0/s1. The van der Waals surface area contributed by atoms with Crippen LogP contribution in [-0.2, 0) is 9.53 Å². The molecule has 0 spiro atoms. The van der Waals surface area contributed by atoms with Crippen molar-refractivity contribution in [2.45, 2.75) is 32.9 Å². The van der Waals surface area contributed by atoms with Gasteiger partial charge >= 0.3 is 5.97 Å². The zero-order valence-electron chi connectivity index (χ0n) is 25.5. The van der Waals surface area contributed by atoms with E-state index in [0.717, 1.165) is 11.1 Å². The van der Waals surface area contributed by atoms with Crippen LogP contribution in [0.3, 0.4) is 0 Å². The van der Waals surface area contributed by atoms with Gasteiger partial charge in [-0.05, 0) is 62.2 Å². The van der Waals surface area contributed by atoms with Crippen molar-refractivity contribution in [1.82, 2.24) is 4.57 Å². The number of nitrogens with zero attached hydrogens (tertiary/aromatic N) is 2. The molecule has 0 saturated carbocycles. The van der Waals surface area contributed by atoms with Crippen molar-refractivity contribution in [2.24, 2.45) is 4.99 Å². The first-order valence-electron chi connectivity index (χ1n) is 14.1. The lowest BCUT2D eigenvalue weighted by atomic mass is 9.93. The number of carbonyl (C=O) groups excluding carboxylic acids is 1. The van der Waals surface area contributed by atoms with E-state index in [2.05, 4.69) is 0 Å². The number of hydrogen-bond acceptors (Lipinski definition) is 9. The zero-order valence-corrected chi connectivity index (χ0v) is 26.3. The maximum atomic E-state index is 14.2. The van der Waals surface area contributed by atoms with Gasteiger partial charge in [0.25, 0.3) is 5.56 Å². The highest BCUT2D eigenvalue weighted by atomic mass is 32.1. The molecule has 1 aliphatic heterocycles. The van der Waals surface area contributed by atoms with Crippen LogP contribution in [0.25, 0.3) is 11.8 Å². The second kappa shape index (κ2) is 13.2. The van der Waals surface area contributed by atoms with Crippen LogP contribution in [0.15, 0.2) is 82.1 Å². The van der Waals surface area contributed by atoms with Crippen molar-refractivity contribution >= 4 is 29.1 Å². The van der Waals surface area contributed by atoms with E-state index >= 15 is 0 Å². The first-order valence-corrected chi connectivity index (χ1v) is 15.0. The smallest absolute Gasteiger partial charge is 0.338 e. The molecule has 1 aromatic heterocycles. The van der Waals surface area contributed by atoms with E-state index in [0.29, 0.717) is 43.6 Å². The Balaban J connectivity index is 1.78. The van der Waals surface area contributed by atoms with Crippen LogP contribution >= 0.6 is 11.3 Å². The second-order valence-electron chi connectivity index (χ2n) is 10.1. The lowest BCUT2D eigenvalue weighted by Crippen LogP contribution is -2.40. The number of aromatic nitrogens is 1. The third-order valence-electron chi connectivity index (χ3n) is 6.95. The molecule has 1 aliphatic rings. The zero-order chi connectivity index (χ0) is 31.4.